The number of carboxylic acids is 1. The van der Waals surface area contributed by atoms with Crippen molar-refractivity contribution in [1.29, 1.82) is 0 Å². The number of halogens is 3. The number of alkyl halides is 2. The Kier molecular flexibility index (Phi) is 1.95. The summed E-state index contributed by atoms with van der Waals surface area (Å²) in [6.07, 6.45) is -0.924. The second-order valence-corrected chi connectivity index (χ2v) is 3.73. The van der Waals surface area contributed by atoms with Crippen LogP contribution < -0.4 is 0 Å². The Morgan fingerprint density at radius 2 is 1.94 bits per heavy atom. The molecule has 0 aliphatic heterocycles. The molecule has 0 aromatic heterocycles. The Morgan fingerprint density at radius 1 is 1.38 bits per heavy atom. The Bertz CT molecular complexity index is 472. The number of aromatic hydroxyl groups is 1. The molecular formula is C10H7F3O3. The van der Waals surface area contributed by atoms with Crippen molar-refractivity contribution < 1.29 is 28.2 Å². The second kappa shape index (κ2) is 2.90. The van der Waals surface area contributed by atoms with E-state index < -0.39 is 40.9 Å². The van der Waals surface area contributed by atoms with Crippen LogP contribution in [0, 0.1) is 5.82 Å². The van der Waals surface area contributed by atoms with Crippen molar-refractivity contribution in [2.24, 2.45) is 0 Å². The molecule has 6 heteroatoms. The van der Waals surface area contributed by atoms with E-state index in [2.05, 4.69) is 0 Å². The third-order valence-electron chi connectivity index (χ3n) is 2.80. The van der Waals surface area contributed by atoms with Crippen molar-refractivity contribution in [3.8, 4) is 5.75 Å². The van der Waals surface area contributed by atoms with E-state index in [0.717, 1.165) is 18.2 Å². The molecule has 0 heterocycles. The average molecular weight is 232 g/mol. The molecule has 0 spiro atoms. The van der Waals surface area contributed by atoms with E-state index >= 15 is 0 Å². The van der Waals surface area contributed by atoms with Crippen molar-refractivity contribution in [1.82, 2.24) is 0 Å². The molecule has 2 N–H and O–H groups in total. The molecule has 1 saturated carbocycles. The molecule has 1 aromatic carbocycles. The van der Waals surface area contributed by atoms with Gasteiger partial charge in [0.2, 0.25) is 0 Å². The number of phenolic OH excluding ortho intramolecular Hbond substituents is 1. The van der Waals surface area contributed by atoms with Crippen LogP contribution in [-0.4, -0.2) is 22.1 Å². The summed E-state index contributed by atoms with van der Waals surface area (Å²) < 4.78 is 39.1. The standard InChI is InChI=1S/C10H7F3O3/c11-6-3-1-2-5(7(6)14)9(8(15)16)4-10(9,12)13/h1-3,14H,4H2,(H,15,16). The van der Waals surface area contributed by atoms with Gasteiger partial charge >= 0.3 is 5.97 Å². The van der Waals surface area contributed by atoms with Gasteiger partial charge in [0.05, 0.1) is 0 Å². The monoisotopic (exact) mass is 232 g/mol. The summed E-state index contributed by atoms with van der Waals surface area (Å²) in [5.74, 6) is -7.36. The van der Waals surface area contributed by atoms with E-state index in [9.17, 15) is 23.1 Å². The van der Waals surface area contributed by atoms with Gasteiger partial charge in [0, 0.05) is 12.0 Å². The molecule has 1 aliphatic carbocycles. The van der Waals surface area contributed by atoms with Gasteiger partial charge in [-0.2, -0.15) is 0 Å². The number of carbonyl (C=O) groups is 1. The van der Waals surface area contributed by atoms with E-state index in [4.69, 9.17) is 5.11 Å². The summed E-state index contributed by atoms with van der Waals surface area (Å²) in [5, 5.41) is 18.1. The van der Waals surface area contributed by atoms with Crippen LogP contribution in [0.1, 0.15) is 12.0 Å². The molecule has 0 bridgehead atoms. The summed E-state index contributed by atoms with van der Waals surface area (Å²) in [4.78, 5) is 10.8. The highest BCUT2D eigenvalue weighted by molar-refractivity contribution is 5.88. The molecule has 1 aliphatic rings. The topological polar surface area (TPSA) is 57.5 Å². The van der Waals surface area contributed by atoms with Crippen LogP contribution >= 0.6 is 0 Å². The van der Waals surface area contributed by atoms with Gasteiger partial charge in [-0.05, 0) is 6.07 Å². The minimum atomic E-state index is -3.45. The molecular weight excluding hydrogens is 225 g/mol. The van der Waals surface area contributed by atoms with Gasteiger partial charge < -0.3 is 10.2 Å². The SMILES string of the molecule is O=C(O)C1(c2cccc(F)c2O)CC1(F)F. The normalized spacial score (nSPS) is 26.4. The molecule has 0 radical (unpaired) electrons. The van der Waals surface area contributed by atoms with Gasteiger partial charge in [-0.1, -0.05) is 12.1 Å². The van der Waals surface area contributed by atoms with Crippen molar-refractivity contribution in [3.05, 3.63) is 29.6 Å². The van der Waals surface area contributed by atoms with E-state index in [1.54, 1.807) is 0 Å². The first-order chi connectivity index (χ1) is 7.33. The Hall–Kier alpha value is -1.72. The number of benzene rings is 1. The largest absolute Gasteiger partial charge is 0.505 e. The molecule has 3 nitrogen and oxygen atoms in total. The third kappa shape index (κ3) is 1.12. The van der Waals surface area contributed by atoms with Crippen LogP contribution in [0.3, 0.4) is 0 Å². The number of aliphatic carboxylic acids is 1. The number of rotatable bonds is 2. The van der Waals surface area contributed by atoms with Crippen LogP contribution in [0.4, 0.5) is 13.2 Å². The number of hydrogen-bond acceptors (Lipinski definition) is 2. The summed E-state index contributed by atoms with van der Waals surface area (Å²) in [7, 11) is 0. The van der Waals surface area contributed by atoms with Crippen LogP contribution in [-0.2, 0) is 10.2 Å². The molecule has 16 heavy (non-hydrogen) atoms. The first kappa shape index (κ1) is 10.8. The molecule has 1 aromatic rings. The highest BCUT2D eigenvalue weighted by Gasteiger charge is 2.78. The maximum absolute atomic E-state index is 13.1. The predicted octanol–water partition coefficient (Wildman–Crippen LogP) is 1.89. The quantitative estimate of drug-likeness (QED) is 0.818. The lowest BCUT2D eigenvalue weighted by Crippen LogP contribution is -2.27. The van der Waals surface area contributed by atoms with Gasteiger partial charge in [-0.15, -0.1) is 0 Å². The predicted molar refractivity (Wildman–Crippen MR) is 46.9 cm³/mol. The Balaban J connectivity index is 2.60. The second-order valence-electron chi connectivity index (χ2n) is 3.73. The first-order valence-electron chi connectivity index (χ1n) is 4.42. The van der Waals surface area contributed by atoms with Crippen molar-refractivity contribution in [2.45, 2.75) is 17.8 Å². The fourth-order valence-electron chi connectivity index (χ4n) is 1.79. The van der Waals surface area contributed by atoms with E-state index in [1.807, 2.05) is 0 Å². The minimum absolute atomic E-state index is 0.579. The zero-order chi connectivity index (χ0) is 12.1. The van der Waals surface area contributed by atoms with Gasteiger partial charge in [-0.25, -0.2) is 13.2 Å². The summed E-state index contributed by atoms with van der Waals surface area (Å²) in [6, 6.07) is 2.95. The van der Waals surface area contributed by atoms with Crippen molar-refractivity contribution in [3.63, 3.8) is 0 Å². The Morgan fingerprint density at radius 3 is 2.38 bits per heavy atom. The first-order valence-corrected chi connectivity index (χ1v) is 4.42. The average Bonchev–Trinajstić information content (AvgIpc) is 2.75. The van der Waals surface area contributed by atoms with Gasteiger partial charge in [0.1, 0.15) is 0 Å². The van der Waals surface area contributed by atoms with Gasteiger partial charge in [0.15, 0.2) is 17.0 Å². The van der Waals surface area contributed by atoms with E-state index in [-0.39, 0.29) is 0 Å². The number of phenols is 1. The number of hydrogen-bond donors (Lipinski definition) is 2. The fraction of sp³-hybridized carbons (Fsp3) is 0.300. The Labute approximate surface area is 88.1 Å². The molecule has 1 fully saturated rings. The summed E-state index contributed by atoms with van der Waals surface area (Å²) >= 11 is 0. The van der Waals surface area contributed by atoms with Crippen molar-refractivity contribution in [2.75, 3.05) is 0 Å². The van der Waals surface area contributed by atoms with E-state index in [1.165, 1.54) is 0 Å². The van der Waals surface area contributed by atoms with Gasteiger partial charge in [0.25, 0.3) is 5.92 Å². The maximum Gasteiger partial charge on any atom is 0.320 e. The highest BCUT2D eigenvalue weighted by atomic mass is 19.3. The third-order valence-corrected chi connectivity index (χ3v) is 2.80. The minimum Gasteiger partial charge on any atom is -0.505 e. The van der Waals surface area contributed by atoms with Crippen molar-refractivity contribution >= 4 is 5.97 Å². The molecule has 2 rings (SSSR count). The smallest absolute Gasteiger partial charge is 0.320 e. The molecule has 0 saturated heterocycles. The van der Waals surface area contributed by atoms with Crippen LogP contribution in [0.15, 0.2) is 18.2 Å². The van der Waals surface area contributed by atoms with Crippen LogP contribution in [0.2, 0.25) is 0 Å². The lowest BCUT2D eigenvalue weighted by molar-refractivity contribution is -0.143. The molecule has 86 valence electrons. The summed E-state index contributed by atoms with van der Waals surface area (Å²) in [6.45, 7) is 0. The lowest BCUT2D eigenvalue weighted by atomic mass is 9.94. The maximum atomic E-state index is 13.1. The van der Waals surface area contributed by atoms with Crippen LogP contribution in [0.25, 0.3) is 0 Å². The zero-order valence-electron chi connectivity index (χ0n) is 7.88. The van der Waals surface area contributed by atoms with Gasteiger partial charge in [-0.3, -0.25) is 4.79 Å². The fourth-order valence-corrected chi connectivity index (χ4v) is 1.79. The van der Waals surface area contributed by atoms with Crippen LogP contribution in [0.5, 0.6) is 5.75 Å². The lowest BCUT2D eigenvalue weighted by Gasteiger charge is -2.13. The van der Waals surface area contributed by atoms with E-state index in [0.29, 0.717) is 0 Å². The summed E-state index contributed by atoms with van der Waals surface area (Å²) in [5.41, 5.74) is -3.07. The molecule has 1 unspecified atom stereocenters. The number of para-hydroxylation sites is 1. The zero-order valence-corrected chi connectivity index (χ0v) is 7.88. The molecule has 1 atom stereocenters. The number of carboxylic acid groups (broad SMARTS) is 1. The molecule has 0 amide bonds. The highest BCUT2D eigenvalue weighted by Crippen LogP contribution is 2.63.